The summed E-state index contributed by atoms with van der Waals surface area (Å²) in [5.74, 6) is -1.05. The number of aromatic hydroxyl groups is 1. The van der Waals surface area contributed by atoms with Gasteiger partial charge in [0, 0.05) is 29.1 Å². The fourth-order valence-corrected chi connectivity index (χ4v) is 6.07. The van der Waals surface area contributed by atoms with Gasteiger partial charge in [0.15, 0.2) is 5.75 Å². The Morgan fingerprint density at radius 3 is 2.15 bits per heavy atom. The molecule has 4 aromatic rings. The van der Waals surface area contributed by atoms with E-state index in [1.807, 2.05) is 25.1 Å². The van der Waals surface area contributed by atoms with Crippen molar-refractivity contribution in [2.45, 2.75) is 30.1 Å². The summed E-state index contributed by atoms with van der Waals surface area (Å²) in [6, 6.07) is 13.7. The lowest BCUT2D eigenvalue weighted by molar-refractivity contribution is -0.120. The van der Waals surface area contributed by atoms with E-state index < -0.39 is 46.9 Å². The first-order valence-electron chi connectivity index (χ1n) is 13.7. The van der Waals surface area contributed by atoms with Gasteiger partial charge in [0.2, 0.25) is 5.91 Å². The molecule has 0 saturated heterocycles. The van der Waals surface area contributed by atoms with Crippen LogP contribution in [0.3, 0.4) is 0 Å². The van der Waals surface area contributed by atoms with Crippen molar-refractivity contribution >= 4 is 59.7 Å². The van der Waals surface area contributed by atoms with Crippen LogP contribution in [0.2, 0.25) is 0 Å². The summed E-state index contributed by atoms with van der Waals surface area (Å²) in [6.07, 6.45) is 0.507. The number of nitrogen functional groups attached to an aromatic ring is 1. The van der Waals surface area contributed by atoms with Crippen LogP contribution in [0.25, 0.3) is 32.3 Å². The number of ether oxygens (including phenoxy) is 1. The molecule has 47 heavy (non-hydrogen) atoms. The number of aryl methyl sites for hydroxylation is 2. The monoisotopic (exact) mass is 683 g/mol. The van der Waals surface area contributed by atoms with E-state index in [1.165, 1.54) is 6.07 Å². The van der Waals surface area contributed by atoms with Crippen LogP contribution in [0.4, 0.5) is 22.7 Å². The predicted octanol–water partition coefficient (Wildman–Crippen LogP) is 5.98. The second kappa shape index (κ2) is 14.1. The average molecular weight is 684 g/mol. The van der Waals surface area contributed by atoms with Crippen molar-refractivity contribution in [3.8, 4) is 16.9 Å². The Labute approximate surface area is 269 Å². The average Bonchev–Trinajstić information content (AvgIpc) is 2.99. The molecule has 0 aliphatic rings. The molecular weight excluding hydrogens is 654 g/mol. The van der Waals surface area contributed by atoms with E-state index in [-0.39, 0.29) is 36.7 Å². The number of amides is 1. The molecule has 0 fully saturated rings. The fraction of sp³-hybridized carbons (Fsp3) is 0.207. The number of nitrogens with zero attached hydrogens (tertiary/aromatic N) is 5. The zero-order valence-corrected chi connectivity index (χ0v) is 26.6. The Morgan fingerprint density at radius 1 is 0.915 bits per heavy atom. The first-order chi connectivity index (χ1) is 22.1. The summed E-state index contributed by atoms with van der Waals surface area (Å²) < 4.78 is 72.0. The van der Waals surface area contributed by atoms with Crippen LogP contribution in [0, 0.1) is 13.8 Å². The van der Waals surface area contributed by atoms with Gasteiger partial charge in [-0.25, -0.2) is 0 Å². The Morgan fingerprint density at radius 2 is 1.53 bits per heavy atom. The third-order valence-electron chi connectivity index (χ3n) is 6.91. The van der Waals surface area contributed by atoms with Crippen molar-refractivity contribution in [1.82, 2.24) is 0 Å². The molecule has 0 radical (unpaired) electrons. The molecule has 0 aliphatic heterocycles. The molecular formula is C29H29N7O9S2. The maximum atomic E-state index is 12.2. The molecule has 0 atom stereocenters. The van der Waals surface area contributed by atoms with Crippen LogP contribution in [0.1, 0.15) is 17.5 Å². The highest BCUT2D eigenvalue weighted by molar-refractivity contribution is 7.87. The van der Waals surface area contributed by atoms with Crippen molar-refractivity contribution < 1.29 is 40.6 Å². The lowest BCUT2D eigenvalue weighted by Gasteiger charge is -2.13. The highest BCUT2D eigenvalue weighted by Gasteiger charge is 2.26. The first kappa shape index (κ1) is 34.8. The summed E-state index contributed by atoms with van der Waals surface area (Å²) in [5, 5.41) is 24.5. The molecule has 1 amide bonds. The van der Waals surface area contributed by atoms with E-state index in [9.17, 15) is 35.8 Å². The molecule has 0 aromatic heterocycles. The topological polar surface area (TPSA) is 267 Å². The molecule has 0 saturated carbocycles. The van der Waals surface area contributed by atoms with Crippen LogP contribution >= 0.6 is 0 Å². The van der Waals surface area contributed by atoms with Crippen LogP contribution in [0.15, 0.2) is 79.7 Å². The maximum Gasteiger partial charge on any atom is 0.296 e. The van der Waals surface area contributed by atoms with E-state index in [0.717, 1.165) is 22.8 Å². The number of phenolic OH excluding ortho intramolecular Hbond substituents is 1. The summed E-state index contributed by atoms with van der Waals surface area (Å²) in [6.45, 7) is 4.05. The number of hydrogen-bond donors (Lipinski definition) is 5. The number of carbonyl (C=O) groups excluding carboxylic acids is 1. The molecule has 18 heteroatoms. The number of nitrogens with one attached hydrogen (secondary N) is 1. The van der Waals surface area contributed by atoms with Gasteiger partial charge >= 0.3 is 0 Å². The molecule has 4 rings (SSSR count). The standard InChI is InChI=1S/C29H29N7O9S2/c1-16-12-18(4-7-21(16)33-26(37)15-45-11-3-10-32-36-31)19-5-8-22(17(2)13-19)34-35-23-9-6-20-24(46(39,40)41)14-25(47(42,43)44)28(30)27(20)29(23)38/h4-9,12-14,38H,3,10-11,15,30H2,1-2H3,(H,33,37)(H,39,40,41)(H,42,43,44). The number of hydrogen-bond acceptors (Lipinski definition) is 11. The number of azide groups is 1. The van der Waals surface area contributed by atoms with Crippen molar-refractivity contribution in [3.05, 3.63) is 76.2 Å². The minimum absolute atomic E-state index is 0.145. The predicted molar refractivity (Wildman–Crippen MR) is 173 cm³/mol. The Bertz CT molecular complexity index is 2180. The Kier molecular flexibility index (Phi) is 10.4. The highest BCUT2D eigenvalue weighted by atomic mass is 32.2. The van der Waals surface area contributed by atoms with Crippen LogP contribution in [0.5, 0.6) is 5.75 Å². The molecule has 4 aromatic carbocycles. The maximum absolute atomic E-state index is 12.2. The SMILES string of the molecule is Cc1cc(-c2ccc(NC(=O)COCCCN=[N+]=[N-])c(C)c2)ccc1N=Nc1ccc2c(S(=O)(=O)O)cc(S(=O)(=O)O)c(N)c2c1O. The number of rotatable bonds is 12. The van der Waals surface area contributed by atoms with E-state index in [1.54, 1.807) is 25.1 Å². The minimum atomic E-state index is -5.04. The van der Waals surface area contributed by atoms with Gasteiger partial charge in [-0.3, -0.25) is 13.9 Å². The van der Waals surface area contributed by atoms with E-state index in [0.29, 0.717) is 29.4 Å². The highest BCUT2D eigenvalue weighted by Crippen LogP contribution is 2.44. The molecule has 0 heterocycles. The number of fused-ring (bicyclic) bond motifs is 1. The number of benzene rings is 4. The van der Waals surface area contributed by atoms with Crippen molar-refractivity contribution in [2.24, 2.45) is 15.3 Å². The number of nitrogens with two attached hydrogens (primary N) is 1. The fourth-order valence-electron chi connectivity index (χ4n) is 4.64. The second-order valence-corrected chi connectivity index (χ2v) is 13.0. The zero-order valence-electron chi connectivity index (χ0n) is 24.9. The Hall–Kier alpha value is -5.10. The van der Waals surface area contributed by atoms with E-state index in [2.05, 4.69) is 25.6 Å². The third-order valence-corrected chi connectivity index (χ3v) is 8.70. The van der Waals surface area contributed by atoms with Gasteiger partial charge in [0.05, 0.1) is 16.8 Å². The number of anilines is 2. The molecule has 0 unspecified atom stereocenters. The number of azo groups is 1. The quantitative estimate of drug-likeness (QED) is 0.0291. The number of phenols is 1. The largest absolute Gasteiger partial charge is 0.505 e. The Balaban J connectivity index is 1.56. The van der Waals surface area contributed by atoms with Crippen LogP contribution in [-0.2, 0) is 29.8 Å². The van der Waals surface area contributed by atoms with Crippen molar-refractivity contribution in [2.75, 3.05) is 30.8 Å². The molecule has 0 aliphatic carbocycles. The summed E-state index contributed by atoms with van der Waals surface area (Å²) >= 11 is 0. The second-order valence-electron chi connectivity index (χ2n) is 10.2. The smallest absolute Gasteiger partial charge is 0.296 e. The van der Waals surface area contributed by atoms with Crippen LogP contribution in [-0.4, -0.2) is 56.7 Å². The number of carbonyl (C=O) groups is 1. The van der Waals surface area contributed by atoms with Crippen LogP contribution < -0.4 is 11.1 Å². The van der Waals surface area contributed by atoms with E-state index in [4.69, 9.17) is 16.0 Å². The van der Waals surface area contributed by atoms with Gasteiger partial charge in [-0.1, -0.05) is 23.3 Å². The third kappa shape index (κ3) is 8.20. The normalized spacial score (nSPS) is 11.9. The molecule has 246 valence electrons. The van der Waals surface area contributed by atoms with Gasteiger partial charge in [0.1, 0.15) is 22.1 Å². The molecule has 0 bridgehead atoms. The summed E-state index contributed by atoms with van der Waals surface area (Å²) in [4.78, 5) is 13.0. The molecule has 0 spiro atoms. The summed E-state index contributed by atoms with van der Waals surface area (Å²) in [5.41, 5.74) is 17.5. The van der Waals surface area contributed by atoms with Crippen molar-refractivity contribution in [3.63, 3.8) is 0 Å². The first-order valence-corrected chi connectivity index (χ1v) is 16.5. The van der Waals surface area contributed by atoms with Gasteiger partial charge in [-0.2, -0.15) is 21.9 Å². The molecule has 16 nitrogen and oxygen atoms in total. The minimum Gasteiger partial charge on any atom is -0.505 e. The van der Waals surface area contributed by atoms with Gasteiger partial charge in [-0.05, 0) is 84.5 Å². The van der Waals surface area contributed by atoms with E-state index >= 15 is 0 Å². The summed E-state index contributed by atoms with van der Waals surface area (Å²) in [7, 11) is -10.0. The van der Waals surface area contributed by atoms with Gasteiger partial charge < -0.3 is 20.9 Å². The van der Waals surface area contributed by atoms with Gasteiger partial charge in [0.25, 0.3) is 20.2 Å². The lowest BCUT2D eigenvalue weighted by atomic mass is 10.00. The zero-order chi connectivity index (χ0) is 34.5. The van der Waals surface area contributed by atoms with Crippen molar-refractivity contribution in [1.29, 1.82) is 0 Å². The van der Waals surface area contributed by atoms with Gasteiger partial charge in [-0.15, -0.1) is 5.11 Å². The molecule has 6 N–H and O–H groups in total. The lowest BCUT2D eigenvalue weighted by Crippen LogP contribution is -2.19.